The first-order valence-electron chi connectivity index (χ1n) is 4.48. The fourth-order valence-electron chi connectivity index (χ4n) is 1.73. The SMILES string of the molecule is NCC1(c2ccc(F)cc2)CCN1. The quantitative estimate of drug-likeness (QED) is 0.711. The Hall–Kier alpha value is -0.930. The van der Waals surface area contributed by atoms with Crippen LogP contribution in [0.5, 0.6) is 0 Å². The molecule has 0 spiro atoms. The molecule has 0 aromatic heterocycles. The minimum atomic E-state index is -0.199. The molecular formula is C10H13FN2. The lowest BCUT2D eigenvalue weighted by Gasteiger charge is -2.43. The van der Waals surface area contributed by atoms with Crippen LogP contribution in [0.1, 0.15) is 12.0 Å². The summed E-state index contributed by atoms with van der Waals surface area (Å²) in [5.41, 5.74) is 6.68. The maximum absolute atomic E-state index is 12.6. The second kappa shape index (κ2) is 3.09. The molecular weight excluding hydrogens is 167 g/mol. The number of benzene rings is 1. The maximum atomic E-state index is 12.6. The second-order valence-corrected chi connectivity index (χ2v) is 3.47. The van der Waals surface area contributed by atoms with E-state index in [4.69, 9.17) is 5.73 Å². The lowest BCUT2D eigenvalue weighted by Crippen LogP contribution is -2.58. The zero-order valence-corrected chi connectivity index (χ0v) is 7.39. The van der Waals surface area contributed by atoms with Crippen molar-refractivity contribution >= 4 is 0 Å². The zero-order valence-electron chi connectivity index (χ0n) is 7.39. The Morgan fingerprint density at radius 2 is 2.00 bits per heavy atom. The summed E-state index contributed by atoms with van der Waals surface area (Å²) in [5.74, 6) is -0.199. The van der Waals surface area contributed by atoms with Crippen molar-refractivity contribution in [3.63, 3.8) is 0 Å². The van der Waals surface area contributed by atoms with Gasteiger partial charge in [0.15, 0.2) is 0 Å². The van der Waals surface area contributed by atoms with Crippen LogP contribution in [0.15, 0.2) is 24.3 Å². The predicted molar refractivity (Wildman–Crippen MR) is 49.8 cm³/mol. The molecule has 2 rings (SSSR count). The second-order valence-electron chi connectivity index (χ2n) is 3.47. The Bertz CT molecular complexity index is 285. The fraction of sp³-hybridized carbons (Fsp3) is 0.400. The highest BCUT2D eigenvalue weighted by molar-refractivity contribution is 5.28. The highest BCUT2D eigenvalue weighted by Gasteiger charge is 2.36. The first-order valence-corrected chi connectivity index (χ1v) is 4.48. The van der Waals surface area contributed by atoms with E-state index < -0.39 is 0 Å². The van der Waals surface area contributed by atoms with E-state index in [1.54, 1.807) is 12.1 Å². The average Bonchev–Trinajstić information content (AvgIpc) is 2.07. The average molecular weight is 180 g/mol. The van der Waals surface area contributed by atoms with Gasteiger partial charge in [-0.1, -0.05) is 12.1 Å². The van der Waals surface area contributed by atoms with Crippen LogP contribution < -0.4 is 11.1 Å². The van der Waals surface area contributed by atoms with E-state index >= 15 is 0 Å². The summed E-state index contributed by atoms with van der Waals surface area (Å²) in [6.07, 6.45) is 1.04. The van der Waals surface area contributed by atoms with Crippen LogP contribution >= 0.6 is 0 Å². The molecule has 0 amide bonds. The van der Waals surface area contributed by atoms with Gasteiger partial charge in [-0.25, -0.2) is 4.39 Å². The van der Waals surface area contributed by atoms with E-state index in [1.807, 2.05) is 0 Å². The fourth-order valence-corrected chi connectivity index (χ4v) is 1.73. The number of hydrogen-bond acceptors (Lipinski definition) is 2. The largest absolute Gasteiger partial charge is 0.328 e. The van der Waals surface area contributed by atoms with Gasteiger partial charge in [-0.15, -0.1) is 0 Å². The van der Waals surface area contributed by atoms with Gasteiger partial charge in [-0.3, -0.25) is 0 Å². The van der Waals surface area contributed by atoms with Crippen molar-refractivity contribution in [2.24, 2.45) is 5.73 Å². The molecule has 1 fully saturated rings. The molecule has 70 valence electrons. The van der Waals surface area contributed by atoms with Crippen LogP contribution in [0.4, 0.5) is 4.39 Å². The van der Waals surface area contributed by atoms with Crippen molar-refractivity contribution in [1.29, 1.82) is 0 Å². The third-order valence-electron chi connectivity index (χ3n) is 2.76. The van der Waals surface area contributed by atoms with E-state index in [0.29, 0.717) is 6.54 Å². The first kappa shape index (κ1) is 8.66. The van der Waals surface area contributed by atoms with Crippen molar-refractivity contribution in [2.45, 2.75) is 12.0 Å². The van der Waals surface area contributed by atoms with Gasteiger partial charge in [-0.05, 0) is 30.7 Å². The van der Waals surface area contributed by atoms with Gasteiger partial charge in [0, 0.05) is 6.54 Å². The van der Waals surface area contributed by atoms with E-state index in [1.165, 1.54) is 12.1 Å². The summed E-state index contributed by atoms with van der Waals surface area (Å²) in [7, 11) is 0. The third kappa shape index (κ3) is 1.34. The maximum Gasteiger partial charge on any atom is 0.123 e. The van der Waals surface area contributed by atoms with E-state index in [9.17, 15) is 4.39 Å². The molecule has 2 nitrogen and oxygen atoms in total. The van der Waals surface area contributed by atoms with Crippen LogP contribution in [0.2, 0.25) is 0 Å². The van der Waals surface area contributed by atoms with Crippen LogP contribution in [0.25, 0.3) is 0 Å². The van der Waals surface area contributed by atoms with Crippen molar-refractivity contribution in [2.75, 3.05) is 13.1 Å². The molecule has 1 aliphatic heterocycles. The summed E-state index contributed by atoms with van der Waals surface area (Å²) in [6, 6.07) is 6.56. The Kier molecular flexibility index (Phi) is 2.06. The minimum absolute atomic E-state index is 0.0896. The lowest BCUT2D eigenvalue weighted by atomic mass is 9.81. The molecule has 13 heavy (non-hydrogen) atoms. The molecule has 1 atom stereocenters. The van der Waals surface area contributed by atoms with Gasteiger partial charge in [0.05, 0.1) is 5.54 Å². The Labute approximate surface area is 76.9 Å². The standard InChI is InChI=1S/C10H13FN2/c11-9-3-1-8(2-4-9)10(7-12)5-6-13-10/h1-4,13H,5-7,12H2. The molecule has 0 aliphatic carbocycles. The normalized spacial score (nSPS) is 26.9. The number of rotatable bonds is 2. The molecule has 1 saturated heterocycles. The zero-order chi connectivity index (χ0) is 9.31. The molecule has 0 saturated carbocycles. The van der Waals surface area contributed by atoms with Gasteiger partial charge in [0.1, 0.15) is 5.82 Å². The molecule has 1 aromatic carbocycles. The number of hydrogen-bond donors (Lipinski definition) is 2. The van der Waals surface area contributed by atoms with Crippen molar-refractivity contribution in [1.82, 2.24) is 5.32 Å². The summed E-state index contributed by atoms with van der Waals surface area (Å²) >= 11 is 0. The Morgan fingerprint density at radius 1 is 1.38 bits per heavy atom. The van der Waals surface area contributed by atoms with Crippen LogP contribution in [-0.4, -0.2) is 13.1 Å². The number of halogens is 1. The van der Waals surface area contributed by atoms with E-state index in [2.05, 4.69) is 5.32 Å². The Balaban J connectivity index is 2.28. The predicted octanol–water partition coefficient (Wildman–Crippen LogP) is 0.973. The summed E-state index contributed by atoms with van der Waals surface area (Å²) in [4.78, 5) is 0. The van der Waals surface area contributed by atoms with Crippen molar-refractivity contribution in [3.8, 4) is 0 Å². The minimum Gasteiger partial charge on any atom is -0.328 e. The van der Waals surface area contributed by atoms with Crippen molar-refractivity contribution in [3.05, 3.63) is 35.6 Å². The molecule has 1 heterocycles. The van der Waals surface area contributed by atoms with Crippen LogP contribution in [0.3, 0.4) is 0 Å². The lowest BCUT2D eigenvalue weighted by molar-refractivity contribution is 0.219. The molecule has 3 heteroatoms. The summed E-state index contributed by atoms with van der Waals surface area (Å²) in [5, 5.41) is 3.30. The highest BCUT2D eigenvalue weighted by atomic mass is 19.1. The van der Waals surface area contributed by atoms with Gasteiger partial charge in [0.25, 0.3) is 0 Å². The number of nitrogens with one attached hydrogen (secondary N) is 1. The molecule has 1 unspecified atom stereocenters. The number of nitrogens with two attached hydrogens (primary N) is 1. The van der Waals surface area contributed by atoms with E-state index in [-0.39, 0.29) is 11.4 Å². The molecule has 0 radical (unpaired) electrons. The summed E-state index contributed by atoms with van der Waals surface area (Å²) in [6.45, 7) is 1.56. The molecule has 1 aliphatic rings. The molecule has 0 bridgehead atoms. The molecule has 1 aromatic rings. The Morgan fingerprint density at radius 3 is 2.38 bits per heavy atom. The third-order valence-corrected chi connectivity index (χ3v) is 2.76. The van der Waals surface area contributed by atoms with Crippen LogP contribution in [-0.2, 0) is 5.54 Å². The van der Waals surface area contributed by atoms with E-state index in [0.717, 1.165) is 18.5 Å². The van der Waals surface area contributed by atoms with Gasteiger partial charge in [-0.2, -0.15) is 0 Å². The smallest absolute Gasteiger partial charge is 0.123 e. The van der Waals surface area contributed by atoms with Gasteiger partial charge >= 0.3 is 0 Å². The monoisotopic (exact) mass is 180 g/mol. The molecule has 3 N–H and O–H groups in total. The van der Waals surface area contributed by atoms with Gasteiger partial charge in [0.2, 0.25) is 0 Å². The van der Waals surface area contributed by atoms with Gasteiger partial charge < -0.3 is 11.1 Å². The first-order chi connectivity index (χ1) is 6.27. The van der Waals surface area contributed by atoms with Crippen molar-refractivity contribution < 1.29 is 4.39 Å². The summed E-state index contributed by atoms with van der Waals surface area (Å²) < 4.78 is 12.6. The van der Waals surface area contributed by atoms with Crippen LogP contribution in [0, 0.1) is 5.82 Å². The highest BCUT2D eigenvalue weighted by Crippen LogP contribution is 2.29. The topological polar surface area (TPSA) is 38.0 Å².